The molecule has 0 aliphatic carbocycles. The maximum atomic E-state index is 11.0. The molecular weight excluding hydrogens is 232 g/mol. The Morgan fingerprint density at radius 2 is 2.25 bits per heavy atom. The van der Waals surface area contributed by atoms with Crippen molar-refractivity contribution >= 4 is 15.8 Å². The first-order valence-electron chi connectivity index (χ1n) is 4.86. The summed E-state index contributed by atoms with van der Waals surface area (Å²) < 4.78 is 23.5. The van der Waals surface area contributed by atoms with Gasteiger partial charge in [-0.3, -0.25) is 9.48 Å². The van der Waals surface area contributed by atoms with Crippen LogP contribution in [0.4, 0.5) is 0 Å². The van der Waals surface area contributed by atoms with Gasteiger partial charge in [0, 0.05) is 11.8 Å². The van der Waals surface area contributed by atoms with Crippen LogP contribution in [0.3, 0.4) is 0 Å². The number of sulfone groups is 1. The molecule has 6 nitrogen and oxygen atoms in total. The molecule has 1 aromatic heterocycles. The fourth-order valence-electron chi connectivity index (χ4n) is 1.61. The topological polar surface area (TPSA) is 89.3 Å². The minimum Gasteiger partial charge on any atom is -0.481 e. The highest BCUT2D eigenvalue weighted by molar-refractivity contribution is 7.92. The standard InChI is InChI=1S/C9H12N2O4S/c1-6(9(12)13)7-2-10-11(3-7)8-4-16(14,15)5-8/h2-3,6,8H,4-5H2,1H3,(H,12,13). The number of aliphatic carboxylic acids is 1. The maximum absolute atomic E-state index is 11.0. The molecule has 0 aromatic carbocycles. The average Bonchev–Trinajstić information content (AvgIpc) is 2.61. The lowest BCUT2D eigenvalue weighted by atomic mass is 10.1. The normalized spacial score (nSPS) is 21.3. The summed E-state index contributed by atoms with van der Waals surface area (Å²) in [5.74, 6) is -1.35. The van der Waals surface area contributed by atoms with Crippen molar-refractivity contribution in [3.63, 3.8) is 0 Å². The molecule has 0 saturated carbocycles. The molecule has 1 aliphatic rings. The monoisotopic (exact) mass is 244 g/mol. The number of carboxylic acid groups (broad SMARTS) is 1. The van der Waals surface area contributed by atoms with Crippen molar-refractivity contribution in [3.05, 3.63) is 18.0 Å². The molecule has 2 rings (SSSR count). The van der Waals surface area contributed by atoms with Gasteiger partial charge in [-0.2, -0.15) is 5.10 Å². The predicted octanol–water partition coefficient (Wildman–Crippen LogP) is 0.0407. The molecule has 7 heteroatoms. The van der Waals surface area contributed by atoms with Gasteiger partial charge in [0.2, 0.25) is 0 Å². The average molecular weight is 244 g/mol. The van der Waals surface area contributed by atoms with Gasteiger partial charge >= 0.3 is 5.97 Å². The van der Waals surface area contributed by atoms with E-state index in [2.05, 4.69) is 5.10 Å². The van der Waals surface area contributed by atoms with Gasteiger partial charge in [0.25, 0.3) is 0 Å². The molecule has 1 aliphatic heterocycles. The van der Waals surface area contributed by atoms with Crippen LogP contribution in [-0.4, -0.2) is 40.8 Å². The quantitative estimate of drug-likeness (QED) is 0.811. The third-order valence-electron chi connectivity index (χ3n) is 2.76. The second-order valence-electron chi connectivity index (χ2n) is 4.04. The van der Waals surface area contributed by atoms with Crippen LogP contribution in [0.25, 0.3) is 0 Å². The van der Waals surface area contributed by atoms with E-state index in [1.807, 2.05) is 0 Å². The number of nitrogens with zero attached hydrogens (tertiary/aromatic N) is 2. The van der Waals surface area contributed by atoms with Crippen molar-refractivity contribution in [3.8, 4) is 0 Å². The van der Waals surface area contributed by atoms with Crippen molar-refractivity contribution < 1.29 is 18.3 Å². The molecule has 1 N–H and O–H groups in total. The zero-order valence-electron chi connectivity index (χ0n) is 8.70. The van der Waals surface area contributed by atoms with Crippen LogP contribution in [0.2, 0.25) is 0 Å². The van der Waals surface area contributed by atoms with Crippen LogP contribution in [-0.2, 0) is 14.6 Å². The Morgan fingerprint density at radius 1 is 1.62 bits per heavy atom. The molecule has 1 atom stereocenters. The van der Waals surface area contributed by atoms with Crippen LogP contribution in [0.1, 0.15) is 24.4 Å². The molecular formula is C9H12N2O4S. The number of carboxylic acids is 1. The Kier molecular flexibility index (Phi) is 2.49. The Balaban J connectivity index is 2.12. The van der Waals surface area contributed by atoms with Gasteiger partial charge < -0.3 is 5.11 Å². The Morgan fingerprint density at radius 3 is 2.75 bits per heavy atom. The zero-order valence-corrected chi connectivity index (χ0v) is 9.51. The number of carbonyl (C=O) groups is 1. The fraction of sp³-hybridized carbons (Fsp3) is 0.556. The summed E-state index contributed by atoms with van der Waals surface area (Å²) in [6.45, 7) is 1.57. The van der Waals surface area contributed by atoms with Crippen LogP contribution < -0.4 is 0 Å². The smallest absolute Gasteiger partial charge is 0.310 e. The van der Waals surface area contributed by atoms with E-state index in [0.717, 1.165) is 0 Å². The van der Waals surface area contributed by atoms with E-state index in [-0.39, 0.29) is 17.5 Å². The maximum Gasteiger partial charge on any atom is 0.310 e. The lowest BCUT2D eigenvalue weighted by Gasteiger charge is -2.25. The number of hydrogen-bond donors (Lipinski definition) is 1. The van der Waals surface area contributed by atoms with E-state index in [1.54, 1.807) is 13.1 Å². The summed E-state index contributed by atoms with van der Waals surface area (Å²) >= 11 is 0. The summed E-state index contributed by atoms with van der Waals surface area (Å²) in [5.41, 5.74) is 0.594. The number of hydrogen-bond acceptors (Lipinski definition) is 4. The molecule has 0 radical (unpaired) electrons. The van der Waals surface area contributed by atoms with Crippen molar-refractivity contribution in [2.45, 2.75) is 18.9 Å². The van der Waals surface area contributed by atoms with E-state index in [1.165, 1.54) is 10.9 Å². The Bertz CT molecular complexity index is 507. The lowest BCUT2D eigenvalue weighted by molar-refractivity contribution is -0.138. The summed E-state index contributed by atoms with van der Waals surface area (Å²) in [5, 5.41) is 12.8. The van der Waals surface area contributed by atoms with Gasteiger partial charge in [-0.15, -0.1) is 0 Å². The largest absolute Gasteiger partial charge is 0.481 e. The molecule has 0 amide bonds. The van der Waals surface area contributed by atoms with Crippen molar-refractivity contribution in [1.29, 1.82) is 0 Å². The number of rotatable bonds is 3. The Labute approximate surface area is 92.8 Å². The van der Waals surface area contributed by atoms with Crippen molar-refractivity contribution in [2.24, 2.45) is 0 Å². The first kappa shape index (κ1) is 11.1. The first-order chi connectivity index (χ1) is 7.39. The van der Waals surface area contributed by atoms with Gasteiger partial charge in [0.15, 0.2) is 9.84 Å². The lowest BCUT2D eigenvalue weighted by Crippen LogP contribution is -2.38. The van der Waals surface area contributed by atoms with Crippen molar-refractivity contribution in [1.82, 2.24) is 9.78 Å². The molecule has 0 bridgehead atoms. The highest BCUT2D eigenvalue weighted by atomic mass is 32.2. The van der Waals surface area contributed by atoms with E-state index in [0.29, 0.717) is 5.56 Å². The first-order valence-corrected chi connectivity index (χ1v) is 6.68. The SMILES string of the molecule is CC(C(=O)O)c1cnn(C2CS(=O)(=O)C2)c1. The second kappa shape index (κ2) is 3.58. The third kappa shape index (κ3) is 1.95. The van der Waals surface area contributed by atoms with E-state index in [4.69, 9.17) is 5.11 Å². The van der Waals surface area contributed by atoms with Crippen LogP contribution in [0.5, 0.6) is 0 Å². The molecule has 0 spiro atoms. The van der Waals surface area contributed by atoms with E-state index < -0.39 is 21.7 Å². The molecule has 1 fully saturated rings. The summed E-state index contributed by atoms with van der Waals surface area (Å²) in [6, 6.07) is -0.139. The molecule has 2 heterocycles. The predicted molar refractivity (Wildman–Crippen MR) is 56.0 cm³/mol. The van der Waals surface area contributed by atoms with Gasteiger partial charge in [0.1, 0.15) is 0 Å². The van der Waals surface area contributed by atoms with Crippen molar-refractivity contribution in [2.75, 3.05) is 11.5 Å². The minimum absolute atomic E-state index is 0.0928. The van der Waals surface area contributed by atoms with Gasteiger partial charge in [0.05, 0.1) is 29.7 Å². The zero-order chi connectivity index (χ0) is 11.9. The summed E-state index contributed by atoms with van der Waals surface area (Å²) in [6.07, 6.45) is 3.09. The molecule has 1 aromatic rings. The molecule has 88 valence electrons. The Hall–Kier alpha value is -1.37. The van der Waals surface area contributed by atoms with Crippen LogP contribution in [0, 0.1) is 0 Å². The van der Waals surface area contributed by atoms with Gasteiger partial charge in [-0.05, 0) is 6.92 Å². The molecule has 1 unspecified atom stereocenters. The van der Waals surface area contributed by atoms with Crippen LogP contribution >= 0.6 is 0 Å². The van der Waals surface area contributed by atoms with E-state index in [9.17, 15) is 13.2 Å². The fourth-order valence-corrected chi connectivity index (χ4v) is 2.99. The third-order valence-corrected chi connectivity index (χ3v) is 4.54. The highest BCUT2D eigenvalue weighted by Gasteiger charge is 2.35. The summed E-state index contributed by atoms with van der Waals surface area (Å²) in [7, 11) is -2.88. The molecule has 16 heavy (non-hydrogen) atoms. The number of aromatic nitrogens is 2. The van der Waals surface area contributed by atoms with Crippen LogP contribution in [0.15, 0.2) is 12.4 Å². The molecule has 1 saturated heterocycles. The highest BCUT2D eigenvalue weighted by Crippen LogP contribution is 2.24. The van der Waals surface area contributed by atoms with E-state index >= 15 is 0 Å². The second-order valence-corrected chi connectivity index (χ2v) is 6.20. The van der Waals surface area contributed by atoms with Gasteiger partial charge in [-0.1, -0.05) is 0 Å². The summed E-state index contributed by atoms with van der Waals surface area (Å²) in [4.78, 5) is 10.7. The van der Waals surface area contributed by atoms with Gasteiger partial charge in [-0.25, -0.2) is 8.42 Å². The minimum atomic E-state index is -2.88.